The third-order valence-corrected chi connectivity index (χ3v) is 9.30. The van der Waals surface area contributed by atoms with Crippen LogP contribution in [0.4, 0.5) is 0 Å². The van der Waals surface area contributed by atoms with E-state index in [1.165, 1.54) is 12.0 Å². The van der Waals surface area contributed by atoms with Gasteiger partial charge in [-0.15, -0.1) is 0 Å². The van der Waals surface area contributed by atoms with E-state index in [1.54, 1.807) is 0 Å². The molecule has 0 aromatic heterocycles. The minimum Gasteiger partial charge on any atom is -0.393 e. The first-order valence-electron chi connectivity index (χ1n) is 11.2. The van der Waals surface area contributed by atoms with Crippen LogP contribution in [0, 0.1) is 28.6 Å². The Morgan fingerprint density at radius 2 is 1.85 bits per heavy atom. The van der Waals surface area contributed by atoms with Gasteiger partial charge >= 0.3 is 0 Å². The number of aliphatic hydroxyl groups excluding tert-OH is 1. The zero-order chi connectivity index (χ0) is 18.8. The van der Waals surface area contributed by atoms with Gasteiger partial charge in [0.2, 0.25) is 0 Å². The first-order chi connectivity index (χ1) is 12.9. The zero-order valence-corrected chi connectivity index (χ0v) is 17.0. The van der Waals surface area contributed by atoms with E-state index in [0.717, 1.165) is 64.8 Å². The van der Waals surface area contributed by atoms with E-state index in [-0.39, 0.29) is 23.0 Å². The number of Topliss-reactive ketones (excluding diaryl/α,β-unsaturated/α-hetero) is 1. The Balaban J connectivity index is 1.43. The number of allylic oxidation sites excluding steroid dienone is 1. The smallest absolute Gasteiger partial charge is 0.156 e. The van der Waals surface area contributed by atoms with Gasteiger partial charge in [-0.3, -0.25) is 9.69 Å². The number of hydrogen-bond acceptors (Lipinski definition) is 4. The second kappa shape index (κ2) is 6.40. The van der Waals surface area contributed by atoms with Crippen LogP contribution in [0.25, 0.3) is 0 Å². The fraction of sp³-hybridized carbons (Fsp3) is 0.870. The van der Waals surface area contributed by atoms with E-state index in [9.17, 15) is 9.90 Å². The summed E-state index contributed by atoms with van der Waals surface area (Å²) in [5.74, 6) is 2.38. The standard InChI is InChI=1S/C23H35NO3/c1-22-7-5-16(25)13-15(22)3-4-17-18(22)6-8-23(2)19(17)14-20(21(23)26)24-9-11-27-12-10-24/h3,16-20,25H,4-14H2,1-2H3. The van der Waals surface area contributed by atoms with Crippen LogP contribution in [-0.2, 0) is 9.53 Å². The van der Waals surface area contributed by atoms with Gasteiger partial charge in [0.15, 0.2) is 5.78 Å². The van der Waals surface area contributed by atoms with Crippen molar-refractivity contribution in [2.75, 3.05) is 26.3 Å². The average molecular weight is 374 g/mol. The highest BCUT2D eigenvalue weighted by molar-refractivity contribution is 5.92. The van der Waals surface area contributed by atoms with Gasteiger partial charge in [-0.05, 0) is 68.1 Å². The monoisotopic (exact) mass is 373 g/mol. The molecule has 7 unspecified atom stereocenters. The Bertz CT molecular complexity index is 654. The maximum Gasteiger partial charge on any atom is 0.156 e. The quantitative estimate of drug-likeness (QED) is 0.717. The third kappa shape index (κ3) is 2.63. The maximum atomic E-state index is 13.5. The number of carbonyl (C=O) groups is 1. The van der Waals surface area contributed by atoms with E-state index in [0.29, 0.717) is 23.5 Å². The van der Waals surface area contributed by atoms with Gasteiger partial charge in [-0.2, -0.15) is 0 Å². The van der Waals surface area contributed by atoms with E-state index >= 15 is 0 Å². The van der Waals surface area contributed by atoms with Crippen molar-refractivity contribution in [3.8, 4) is 0 Å². The number of nitrogens with zero attached hydrogens (tertiary/aromatic N) is 1. The van der Waals surface area contributed by atoms with E-state index < -0.39 is 0 Å². The molecule has 7 atom stereocenters. The number of hydrogen-bond donors (Lipinski definition) is 1. The van der Waals surface area contributed by atoms with Crippen molar-refractivity contribution in [3.63, 3.8) is 0 Å². The third-order valence-electron chi connectivity index (χ3n) is 9.30. The van der Waals surface area contributed by atoms with Crippen LogP contribution in [0.3, 0.4) is 0 Å². The molecule has 0 spiro atoms. The summed E-state index contributed by atoms with van der Waals surface area (Å²) in [4.78, 5) is 15.9. The second-order valence-corrected chi connectivity index (χ2v) is 10.4. The molecular formula is C23H35NO3. The van der Waals surface area contributed by atoms with Crippen LogP contribution < -0.4 is 0 Å². The Labute approximate surface area is 163 Å². The van der Waals surface area contributed by atoms with Crippen LogP contribution in [0.5, 0.6) is 0 Å². The number of aliphatic hydroxyl groups is 1. The molecule has 27 heavy (non-hydrogen) atoms. The maximum absolute atomic E-state index is 13.5. The SMILES string of the molecule is CC12CCC3C(CC=C4CC(O)CCC43C)C1CC(N1CCOCC1)C2=O. The number of ether oxygens (including phenoxy) is 1. The lowest BCUT2D eigenvalue weighted by Gasteiger charge is -2.56. The Morgan fingerprint density at radius 1 is 1.11 bits per heavy atom. The molecule has 4 fully saturated rings. The van der Waals surface area contributed by atoms with Gasteiger partial charge < -0.3 is 9.84 Å². The van der Waals surface area contributed by atoms with Crippen LogP contribution in [-0.4, -0.2) is 54.2 Å². The molecule has 0 aromatic rings. The first kappa shape index (κ1) is 18.3. The molecule has 4 aliphatic carbocycles. The fourth-order valence-corrected chi connectivity index (χ4v) is 7.63. The average Bonchev–Trinajstić information content (AvgIpc) is 2.94. The summed E-state index contributed by atoms with van der Waals surface area (Å²) in [5, 5.41) is 10.2. The summed E-state index contributed by atoms with van der Waals surface area (Å²) >= 11 is 0. The Hall–Kier alpha value is -0.710. The molecular weight excluding hydrogens is 338 g/mol. The van der Waals surface area contributed by atoms with Crippen molar-refractivity contribution in [2.24, 2.45) is 28.6 Å². The number of ketones is 1. The predicted molar refractivity (Wildman–Crippen MR) is 104 cm³/mol. The predicted octanol–water partition coefficient (Wildman–Crippen LogP) is 3.19. The summed E-state index contributed by atoms with van der Waals surface area (Å²) in [6.07, 6.45) is 9.66. The normalized spacial score (nSPS) is 50.6. The molecule has 0 amide bonds. The van der Waals surface area contributed by atoms with Gasteiger partial charge in [0.05, 0.1) is 25.4 Å². The Kier molecular flexibility index (Phi) is 4.34. The highest BCUT2D eigenvalue weighted by Crippen LogP contribution is 2.64. The van der Waals surface area contributed by atoms with Crippen molar-refractivity contribution < 1.29 is 14.6 Å². The van der Waals surface area contributed by atoms with Crippen molar-refractivity contribution in [1.82, 2.24) is 4.90 Å². The number of rotatable bonds is 1. The van der Waals surface area contributed by atoms with E-state index in [4.69, 9.17) is 4.74 Å². The minimum atomic E-state index is -0.145. The lowest BCUT2D eigenvalue weighted by molar-refractivity contribution is -0.136. The molecule has 0 bridgehead atoms. The minimum absolute atomic E-state index is 0.119. The summed E-state index contributed by atoms with van der Waals surface area (Å²) in [6.45, 7) is 8.09. The summed E-state index contributed by atoms with van der Waals surface area (Å²) in [7, 11) is 0. The molecule has 4 heteroatoms. The largest absolute Gasteiger partial charge is 0.393 e. The van der Waals surface area contributed by atoms with Crippen LogP contribution in [0.1, 0.15) is 58.8 Å². The summed E-state index contributed by atoms with van der Waals surface area (Å²) in [6, 6.07) is 0.119. The molecule has 1 N–H and O–H groups in total. The lowest BCUT2D eigenvalue weighted by Crippen LogP contribution is -2.51. The van der Waals surface area contributed by atoms with Gasteiger partial charge in [0, 0.05) is 18.5 Å². The van der Waals surface area contributed by atoms with Crippen molar-refractivity contribution in [1.29, 1.82) is 0 Å². The molecule has 1 heterocycles. The topological polar surface area (TPSA) is 49.8 Å². The molecule has 0 radical (unpaired) electrons. The van der Waals surface area contributed by atoms with Crippen LogP contribution in [0.15, 0.2) is 11.6 Å². The fourth-order valence-electron chi connectivity index (χ4n) is 7.63. The number of fused-ring (bicyclic) bond motifs is 5. The highest BCUT2D eigenvalue weighted by Gasteiger charge is 2.61. The number of morpholine rings is 1. The number of carbonyl (C=O) groups excluding carboxylic acids is 1. The molecule has 5 aliphatic rings. The molecule has 1 aliphatic heterocycles. The summed E-state index contributed by atoms with van der Waals surface area (Å²) in [5.41, 5.74) is 1.64. The van der Waals surface area contributed by atoms with E-state index in [2.05, 4.69) is 24.8 Å². The van der Waals surface area contributed by atoms with Crippen molar-refractivity contribution in [3.05, 3.63) is 11.6 Å². The summed E-state index contributed by atoms with van der Waals surface area (Å²) < 4.78 is 5.52. The first-order valence-corrected chi connectivity index (χ1v) is 11.2. The van der Waals surface area contributed by atoms with Crippen LogP contribution in [0.2, 0.25) is 0 Å². The Morgan fingerprint density at radius 3 is 2.63 bits per heavy atom. The molecule has 0 aromatic carbocycles. The van der Waals surface area contributed by atoms with Gasteiger partial charge in [0.1, 0.15) is 0 Å². The van der Waals surface area contributed by atoms with E-state index in [1.807, 2.05) is 0 Å². The molecule has 4 nitrogen and oxygen atoms in total. The van der Waals surface area contributed by atoms with Crippen LogP contribution >= 0.6 is 0 Å². The molecule has 3 saturated carbocycles. The van der Waals surface area contributed by atoms with Crippen molar-refractivity contribution in [2.45, 2.75) is 70.9 Å². The highest BCUT2D eigenvalue weighted by atomic mass is 16.5. The van der Waals surface area contributed by atoms with Gasteiger partial charge in [0.25, 0.3) is 0 Å². The van der Waals surface area contributed by atoms with Crippen molar-refractivity contribution >= 4 is 5.78 Å². The molecule has 5 rings (SSSR count). The van der Waals surface area contributed by atoms with Gasteiger partial charge in [-0.25, -0.2) is 0 Å². The second-order valence-electron chi connectivity index (χ2n) is 10.4. The molecule has 150 valence electrons. The molecule has 1 saturated heterocycles. The lowest BCUT2D eigenvalue weighted by atomic mass is 9.48. The van der Waals surface area contributed by atoms with Gasteiger partial charge in [-0.1, -0.05) is 25.5 Å². The zero-order valence-electron chi connectivity index (χ0n) is 17.0.